The third-order valence-electron chi connectivity index (χ3n) is 3.99. The van der Waals surface area contributed by atoms with Crippen LogP contribution in [-0.2, 0) is 0 Å². The Morgan fingerprint density at radius 2 is 1.74 bits per heavy atom. The molecule has 3 rings (SSSR count). The van der Waals surface area contributed by atoms with Crippen LogP contribution in [0.25, 0.3) is 5.57 Å². The normalized spacial score (nSPS) is 10.8. The predicted molar refractivity (Wildman–Crippen MR) is 133 cm³/mol. The van der Waals surface area contributed by atoms with E-state index in [4.69, 9.17) is 0 Å². The number of alkyl halides is 3. The molecule has 0 aliphatic carbocycles. The molecule has 0 aromatic carbocycles. The van der Waals surface area contributed by atoms with E-state index in [2.05, 4.69) is 42.8 Å². The van der Waals surface area contributed by atoms with Crippen LogP contribution in [-0.4, -0.2) is 27.0 Å². The average Bonchev–Trinajstić information content (AvgIpc) is 2.82. The Morgan fingerprint density at radius 1 is 1.06 bits per heavy atom. The van der Waals surface area contributed by atoms with Gasteiger partial charge in [0.2, 0.25) is 0 Å². The van der Waals surface area contributed by atoms with E-state index in [0.29, 0.717) is 22.5 Å². The molecule has 180 valence electrons. The van der Waals surface area contributed by atoms with Crippen molar-refractivity contribution in [1.29, 1.82) is 0 Å². The number of carbonyl (C=O) groups is 1. The van der Waals surface area contributed by atoms with Gasteiger partial charge in [-0.2, -0.15) is 13.2 Å². The lowest BCUT2D eigenvalue weighted by atomic mass is 10.1. The minimum Gasteiger partial charge on any atom is -0.307 e. The number of nitrogens with one attached hydrogen (secondary N) is 1. The predicted octanol–water partition coefficient (Wildman–Crippen LogP) is 7.43. The SMILES string of the molecule is C=C(/C=C(\C)C(F)(F)F)c1cccnc1.CC.Cc1ccc(NC(=O)c2cncc(Br)c2)nc1. The van der Waals surface area contributed by atoms with Crippen LogP contribution in [0.5, 0.6) is 0 Å². The van der Waals surface area contributed by atoms with Crippen molar-refractivity contribution in [2.24, 2.45) is 0 Å². The molecule has 0 fully saturated rings. The summed E-state index contributed by atoms with van der Waals surface area (Å²) in [5.74, 6) is 0.302. The van der Waals surface area contributed by atoms with Crippen molar-refractivity contribution < 1.29 is 18.0 Å². The van der Waals surface area contributed by atoms with Gasteiger partial charge in [-0.3, -0.25) is 14.8 Å². The van der Waals surface area contributed by atoms with Crippen molar-refractivity contribution in [3.63, 3.8) is 0 Å². The van der Waals surface area contributed by atoms with Crippen LogP contribution in [0.3, 0.4) is 0 Å². The fourth-order valence-electron chi connectivity index (χ4n) is 2.25. The second-order valence-electron chi connectivity index (χ2n) is 6.66. The molecule has 0 aliphatic heterocycles. The maximum atomic E-state index is 12.2. The highest BCUT2D eigenvalue weighted by atomic mass is 79.9. The van der Waals surface area contributed by atoms with Gasteiger partial charge in [-0.05, 0) is 70.8 Å². The Bertz CT molecular complexity index is 1100. The number of amides is 1. The highest BCUT2D eigenvalue weighted by molar-refractivity contribution is 9.10. The number of allylic oxidation sites excluding steroid dienone is 3. The fraction of sp³-hybridized carbons (Fsp3) is 0.200. The molecule has 1 N–H and O–H groups in total. The van der Waals surface area contributed by atoms with Crippen molar-refractivity contribution in [2.45, 2.75) is 33.9 Å². The maximum Gasteiger partial charge on any atom is 0.412 e. The van der Waals surface area contributed by atoms with Gasteiger partial charge in [-0.25, -0.2) is 4.98 Å². The van der Waals surface area contributed by atoms with Gasteiger partial charge in [0.05, 0.1) is 5.56 Å². The summed E-state index contributed by atoms with van der Waals surface area (Å²) in [7, 11) is 0. The van der Waals surface area contributed by atoms with E-state index in [1.165, 1.54) is 12.4 Å². The molecule has 0 radical (unpaired) electrons. The summed E-state index contributed by atoms with van der Waals surface area (Å²) in [6.07, 6.45) is 4.58. The average molecular weight is 535 g/mol. The zero-order valence-corrected chi connectivity index (χ0v) is 20.9. The summed E-state index contributed by atoms with van der Waals surface area (Å²) in [6.45, 7) is 10.5. The van der Waals surface area contributed by atoms with E-state index in [0.717, 1.165) is 23.0 Å². The quantitative estimate of drug-likeness (QED) is 0.353. The first kappa shape index (κ1) is 28.7. The first-order valence-electron chi connectivity index (χ1n) is 10.3. The molecule has 3 aromatic rings. The van der Waals surface area contributed by atoms with Crippen LogP contribution in [0.2, 0.25) is 0 Å². The lowest BCUT2D eigenvalue weighted by Crippen LogP contribution is -2.13. The van der Waals surface area contributed by atoms with E-state index in [-0.39, 0.29) is 5.91 Å². The third-order valence-corrected chi connectivity index (χ3v) is 4.42. The van der Waals surface area contributed by atoms with Crippen molar-refractivity contribution in [3.8, 4) is 0 Å². The van der Waals surface area contributed by atoms with E-state index >= 15 is 0 Å². The van der Waals surface area contributed by atoms with Crippen molar-refractivity contribution in [1.82, 2.24) is 15.0 Å². The Hall–Kier alpha value is -3.33. The molecule has 0 spiro atoms. The molecule has 3 heterocycles. The van der Waals surface area contributed by atoms with Gasteiger partial charge in [0.15, 0.2) is 0 Å². The molecule has 1 amide bonds. The van der Waals surface area contributed by atoms with Crippen LogP contribution in [0, 0.1) is 6.92 Å². The minimum atomic E-state index is -4.30. The molecule has 9 heteroatoms. The molecule has 0 saturated heterocycles. The lowest BCUT2D eigenvalue weighted by Gasteiger charge is -2.07. The standard InChI is InChI=1S/C12H10BrN3O.C11H10F3N.C2H6/c1-8-2-3-11(15-5-8)16-12(17)9-4-10(13)7-14-6-9;1-8(6-9(2)11(12,13)14)10-4-3-5-15-7-10;1-2/h2-7H,1H3,(H,15,16,17);3-7H,1H2,2H3;1-2H3/b;9-6+;. The summed E-state index contributed by atoms with van der Waals surface area (Å²) < 4.78 is 37.4. The van der Waals surface area contributed by atoms with Gasteiger partial charge in [0, 0.05) is 41.0 Å². The monoisotopic (exact) mass is 534 g/mol. The van der Waals surface area contributed by atoms with Crippen LogP contribution in [0.1, 0.15) is 42.3 Å². The first-order chi connectivity index (χ1) is 16.1. The molecule has 3 aromatic heterocycles. The van der Waals surface area contributed by atoms with Gasteiger partial charge in [-0.1, -0.05) is 32.6 Å². The second kappa shape index (κ2) is 14.0. The molecule has 0 atom stereocenters. The molecular formula is C25H26BrF3N4O. The number of hydrogen-bond donors (Lipinski definition) is 1. The summed E-state index contributed by atoms with van der Waals surface area (Å²) in [4.78, 5) is 23.7. The number of anilines is 1. The Labute approximate surface area is 206 Å². The fourth-order valence-corrected chi connectivity index (χ4v) is 2.61. The van der Waals surface area contributed by atoms with E-state index in [1.807, 2.05) is 26.8 Å². The second-order valence-corrected chi connectivity index (χ2v) is 7.57. The Balaban J connectivity index is 0.000000320. The molecule has 0 saturated carbocycles. The summed E-state index contributed by atoms with van der Waals surface area (Å²) in [6, 6.07) is 8.67. The van der Waals surface area contributed by atoms with Gasteiger partial charge in [0.1, 0.15) is 5.82 Å². The Kier molecular flexibility index (Phi) is 11.9. The van der Waals surface area contributed by atoms with Crippen molar-refractivity contribution in [2.75, 3.05) is 5.32 Å². The van der Waals surface area contributed by atoms with Gasteiger partial charge in [0.25, 0.3) is 5.91 Å². The van der Waals surface area contributed by atoms with E-state index in [1.54, 1.807) is 42.9 Å². The molecule has 34 heavy (non-hydrogen) atoms. The number of pyridine rings is 3. The third kappa shape index (κ3) is 10.1. The van der Waals surface area contributed by atoms with E-state index < -0.39 is 11.7 Å². The minimum absolute atomic E-state index is 0.227. The van der Waals surface area contributed by atoms with E-state index in [9.17, 15) is 18.0 Å². The smallest absolute Gasteiger partial charge is 0.307 e. The number of nitrogens with zero attached hydrogens (tertiary/aromatic N) is 3. The zero-order chi connectivity index (χ0) is 25.7. The van der Waals surface area contributed by atoms with Gasteiger partial charge < -0.3 is 5.32 Å². The molecule has 5 nitrogen and oxygen atoms in total. The van der Waals surface area contributed by atoms with Gasteiger partial charge in [-0.15, -0.1) is 0 Å². The first-order valence-corrected chi connectivity index (χ1v) is 11.0. The zero-order valence-electron chi connectivity index (χ0n) is 19.3. The van der Waals surface area contributed by atoms with Crippen LogP contribution < -0.4 is 5.32 Å². The summed E-state index contributed by atoms with van der Waals surface area (Å²) in [5, 5.41) is 2.70. The largest absolute Gasteiger partial charge is 0.412 e. The van der Waals surface area contributed by atoms with Crippen LogP contribution in [0.15, 0.2) is 84.0 Å². The number of rotatable bonds is 4. The molecule has 0 unspecified atom stereocenters. The summed E-state index contributed by atoms with van der Waals surface area (Å²) >= 11 is 3.27. The van der Waals surface area contributed by atoms with Crippen molar-refractivity contribution >= 4 is 33.2 Å². The number of carbonyl (C=O) groups excluding carboxylic acids is 1. The summed E-state index contributed by atoms with van der Waals surface area (Å²) in [5.41, 5.74) is 1.75. The number of aryl methyl sites for hydroxylation is 1. The van der Waals surface area contributed by atoms with Crippen LogP contribution >= 0.6 is 15.9 Å². The van der Waals surface area contributed by atoms with Gasteiger partial charge >= 0.3 is 6.18 Å². The Morgan fingerprint density at radius 3 is 2.26 bits per heavy atom. The number of aromatic nitrogens is 3. The molecular weight excluding hydrogens is 509 g/mol. The highest BCUT2D eigenvalue weighted by Gasteiger charge is 2.29. The van der Waals surface area contributed by atoms with Crippen molar-refractivity contribution in [3.05, 3.63) is 101 Å². The molecule has 0 bridgehead atoms. The van der Waals surface area contributed by atoms with Crippen LogP contribution in [0.4, 0.5) is 19.0 Å². The number of halogens is 4. The topological polar surface area (TPSA) is 67.8 Å². The lowest BCUT2D eigenvalue weighted by molar-refractivity contribution is -0.0912. The maximum absolute atomic E-state index is 12.2. The molecule has 0 aliphatic rings. The highest BCUT2D eigenvalue weighted by Crippen LogP contribution is 2.27. The number of hydrogen-bond acceptors (Lipinski definition) is 4.